The van der Waals surface area contributed by atoms with Crippen LogP contribution < -0.4 is 9.46 Å². The Morgan fingerprint density at radius 1 is 1.17 bits per heavy atom. The molecule has 0 radical (unpaired) electrons. The van der Waals surface area contributed by atoms with Crippen LogP contribution in [0, 0.1) is 0 Å². The van der Waals surface area contributed by atoms with E-state index in [-0.39, 0.29) is 11.5 Å². The number of nitrogens with one attached hydrogen (secondary N) is 1. The Hall–Kier alpha value is -3.02. The molecule has 0 spiro atoms. The molecule has 0 aliphatic carbocycles. The molecule has 1 atom stereocenters. The topological polar surface area (TPSA) is 107 Å². The van der Waals surface area contributed by atoms with E-state index >= 15 is 0 Å². The summed E-state index contributed by atoms with van der Waals surface area (Å²) >= 11 is 1.65. The van der Waals surface area contributed by atoms with Crippen molar-refractivity contribution < 1.29 is 27.4 Å². The molecule has 2 aromatic rings. The van der Waals surface area contributed by atoms with Crippen molar-refractivity contribution in [1.29, 1.82) is 0 Å². The molecule has 0 amide bonds. The van der Waals surface area contributed by atoms with Gasteiger partial charge in [0.1, 0.15) is 12.4 Å². The number of hydrogen-bond acceptors (Lipinski definition) is 9. The fourth-order valence-electron chi connectivity index (χ4n) is 4.11. The summed E-state index contributed by atoms with van der Waals surface area (Å²) in [4.78, 5) is 20.0. The lowest BCUT2D eigenvalue weighted by molar-refractivity contribution is -0.141. The van der Waals surface area contributed by atoms with E-state index in [1.165, 1.54) is 19.2 Å². The number of carbonyl (C=O) groups excluding carboxylic acids is 1. The summed E-state index contributed by atoms with van der Waals surface area (Å²) < 4.78 is 44.3. The summed E-state index contributed by atoms with van der Waals surface area (Å²) in [7, 11) is -0.765. The number of rotatable bonds is 9. The van der Waals surface area contributed by atoms with Gasteiger partial charge in [-0.15, -0.1) is 0 Å². The minimum absolute atomic E-state index is 0.117. The fraction of sp³-hybridized carbons (Fsp3) is 0.360. The van der Waals surface area contributed by atoms with Gasteiger partial charge in [0.15, 0.2) is 5.17 Å². The lowest BCUT2D eigenvalue weighted by Gasteiger charge is -2.40. The molecule has 0 bridgehead atoms. The molecular formula is C25H29N3O6S2. The number of thioether (sulfide) groups is 1. The van der Waals surface area contributed by atoms with E-state index in [0.717, 1.165) is 29.4 Å². The molecule has 4 rings (SSSR count). The van der Waals surface area contributed by atoms with Gasteiger partial charge in [0, 0.05) is 25.1 Å². The lowest BCUT2D eigenvalue weighted by Crippen LogP contribution is -2.42. The van der Waals surface area contributed by atoms with Crippen molar-refractivity contribution in [2.75, 3.05) is 44.5 Å². The van der Waals surface area contributed by atoms with Gasteiger partial charge in [-0.25, -0.2) is 18.2 Å². The molecule has 2 aliphatic rings. The second-order valence-electron chi connectivity index (χ2n) is 8.23. The fourth-order valence-corrected chi connectivity index (χ4v) is 6.18. The molecule has 2 heterocycles. The minimum Gasteiger partial charge on any atom is -0.497 e. The first-order valence-corrected chi connectivity index (χ1v) is 13.9. The molecule has 2 aliphatic heterocycles. The number of anilines is 1. The van der Waals surface area contributed by atoms with E-state index in [0.29, 0.717) is 29.3 Å². The van der Waals surface area contributed by atoms with Gasteiger partial charge >= 0.3 is 5.97 Å². The third-order valence-corrected chi connectivity index (χ3v) is 8.30. The Balaban J connectivity index is 1.66. The third-order valence-electron chi connectivity index (χ3n) is 5.82. The van der Waals surface area contributed by atoms with Gasteiger partial charge in [-0.05, 0) is 55.3 Å². The van der Waals surface area contributed by atoms with Crippen molar-refractivity contribution in [3.63, 3.8) is 0 Å². The standard InChI is InChI=1S/C25H29N3O6S2/c1-17-22(24(29)34-14-13-32-2)23(28-12-5-15-35-25(28)26-17)18-6-4-7-19(16-18)27-36(30,31)21-10-8-20(33-3)9-11-21/h4,6-11,16,23,27H,5,12-15H2,1-3H3. The average Bonchev–Trinajstić information content (AvgIpc) is 2.88. The van der Waals surface area contributed by atoms with Gasteiger partial charge in [-0.3, -0.25) is 4.72 Å². The van der Waals surface area contributed by atoms with Crippen LogP contribution in [0.5, 0.6) is 5.75 Å². The van der Waals surface area contributed by atoms with E-state index < -0.39 is 22.0 Å². The Morgan fingerprint density at radius 3 is 2.67 bits per heavy atom. The van der Waals surface area contributed by atoms with Crippen LogP contribution in [0.1, 0.15) is 24.9 Å². The predicted octanol–water partition coefficient (Wildman–Crippen LogP) is 3.81. The van der Waals surface area contributed by atoms with Gasteiger partial charge in [-0.1, -0.05) is 23.9 Å². The third kappa shape index (κ3) is 5.69. The van der Waals surface area contributed by atoms with Crippen LogP contribution in [0.4, 0.5) is 5.69 Å². The van der Waals surface area contributed by atoms with Gasteiger partial charge in [0.25, 0.3) is 10.0 Å². The van der Waals surface area contributed by atoms with E-state index in [1.54, 1.807) is 56.1 Å². The van der Waals surface area contributed by atoms with Gasteiger partial charge in [-0.2, -0.15) is 0 Å². The molecule has 192 valence electrons. The lowest BCUT2D eigenvalue weighted by atomic mass is 9.94. The molecule has 9 nitrogen and oxygen atoms in total. The maximum Gasteiger partial charge on any atom is 0.338 e. The Labute approximate surface area is 215 Å². The SMILES string of the molecule is COCCOC(=O)C1=C(C)N=C2SCCCN2C1c1cccc(NS(=O)(=O)c2ccc(OC)cc2)c1. The Bertz CT molecular complexity index is 1270. The number of sulfonamides is 1. The largest absolute Gasteiger partial charge is 0.497 e. The van der Waals surface area contributed by atoms with Crippen LogP contribution >= 0.6 is 11.8 Å². The first-order chi connectivity index (χ1) is 17.3. The van der Waals surface area contributed by atoms with E-state index in [9.17, 15) is 13.2 Å². The summed E-state index contributed by atoms with van der Waals surface area (Å²) in [5.74, 6) is 1.05. The number of esters is 1. The monoisotopic (exact) mass is 531 g/mol. The van der Waals surface area contributed by atoms with E-state index in [4.69, 9.17) is 14.2 Å². The molecular weight excluding hydrogens is 502 g/mol. The van der Waals surface area contributed by atoms with Crippen LogP contribution in [-0.4, -0.2) is 64.2 Å². The van der Waals surface area contributed by atoms with Crippen LogP contribution in [0.15, 0.2) is 69.7 Å². The van der Waals surface area contributed by atoms with E-state index in [1.807, 2.05) is 6.07 Å². The molecule has 1 fully saturated rings. The van der Waals surface area contributed by atoms with Crippen LogP contribution in [-0.2, 0) is 24.3 Å². The number of nitrogens with zero attached hydrogens (tertiary/aromatic N) is 2. The van der Waals surface area contributed by atoms with Crippen molar-refractivity contribution in [3.05, 3.63) is 65.4 Å². The number of fused-ring (bicyclic) bond motifs is 1. The Morgan fingerprint density at radius 2 is 1.94 bits per heavy atom. The number of ether oxygens (including phenoxy) is 3. The summed E-state index contributed by atoms with van der Waals surface area (Å²) in [5.41, 5.74) is 2.18. The summed E-state index contributed by atoms with van der Waals surface area (Å²) in [6, 6.07) is 12.8. The highest BCUT2D eigenvalue weighted by atomic mass is 32.2. The zero-order valence-electron chi connectivity index (χ0n) is 20.4. The van der Waals surface area contributed by atoms with Crippen molar-refractivity contribution in [2.45, 2.75) is 24.3 Å². The Kier molecular flexibility index (Phi) is 8.22. The molecule has 1 N–H and O–H groups in total. The van der Waals surface area contributed by atoms with Crippen molar-refractivity contribution in [2.24, 2.45) is 4.99 Å². The molecule has 2 aromatic carbocycles. The number of carbonyl (C=O) groups is 1. The quantitative estimate of drug-likeness (QED) is 0.385. The molecule has 1 unspecified atom stereocenters. The number of amidine groups is 1. The molecule has 36 heavy (non-hydrogen) atoms. The van der Waals surface area contributed by atoms with Gasteiger partial charge < -0.3 is 19.1 Å². The molecule has 0 aromatic heterocycles. The number of methoxy groups -OCH3 is 2. The van der Waals surface area contributed by atoms with Crippen molar-refractivity contribution in [1.82, 2.24) is 4.90 Å². The number of hydrogen-bond donors (Lipinski definition) is 1. The van der Waals surface area contributed by atoms with Crippen molar-refractivity contribution in [3.8, 4) is 5.75 Å². The van der Waals surface area contributed by atoms with Gasteiger partial charge in [0.2, 0.25) is 0 Å². The second kappa shape index (κ2) is 11.4. The molecule has 0 saturated carbocycles. The highest BCUT2D eigenvalue weighted by Gasteiger charge is 2.38. The van der Waals surface area contributed by atoms with Crippen LogP contribution in [0.3, 0.4) is 0 Å². The average molecular weight is 532 g/mol. The number of allylic oxidation sites excluding steroid dienone is 1. The highest BCUT2D eigenvalue weighted by molar-refractivity contribution is 8.13. The number of aliphatic imine (C=N–C) groups is 1. The first-order valence-electron chi connectivity index (χ1n) is 11.5. The van der Waals surface area contributed by atoms with Gasteiger partial charge in [0.05, 0.1) is 35.9 Å². The maximum absolute atomic E-state index is 13.1. The smallest absolute Gasteiger partial charge is 0.338 e. The summed E-state index contributed by atoms with van der Waals surface area (Å²) in [6.45, 7) is 2.95. The first kappa shape index (κ1) is 26.1. The number of benzene rings is 2. The van der Waals surface area contributed by atoms with Crippen LogP contribution in [0.25, 0.3) is 0 Å². The molecule has 1 saturated heterocycles. The van der Waals surface area contributed by atoms with Crippen molar-refractivity contribution >= 4 is 38.6 Å². The minimum atomic E-state index is -3.83. The zero-order chi connectivity index (χ0) is 25.7. The zero-order valence-corrected chi connectivity index (χ0v) is 22.0. The summed E-state index contributed by atoms with van der Waals surface area (Å²) in [6.07, 6.45) is 0.940. The summed E-state index contributed by atoms with van der Waals surface area (Å²) in [5, 5.41) is 0.849. The highest BCUT2D eigenvalue weighted by Crippen LogP contribution is 2.40. The normalized spacial score (nSPS) is 17.8. The van der Waals surface area contributed by atoms with Crippen LogP contribution in [0.2, 0.25) is 0 Å². The second-order valence-corrected chi connectivity index (χ2v) is 11.0. The predicted molar refractivity (Wildman–Crippen MR) is 140 cm³/mol. The molecule has 11 heteroatoms. The maximum atomic E-state index is 13.1. The van der Waals surface area contributed by atoms with E-state index in [2.05, 4.69) is 14.6 Å².